The summed E-state index contributed by atoms with van der Waals surface area (Å²) in [7, 11) is 0. The second-order valence-corrected chi connectivity index (χ2v) is 5.05. The quantitative estimate of drug-likeness (QED) is 0.694. The fraction of sp³-hybridized carbons (Fsp3) is 0. The average molecular weight is 328 g/mol. The Labute approximate surface area is 124 Å². The Bertz CT molecular complexity index is 739. The number of nitrogens with zero attached hydrogens (tertiary/aromatic N) is 3. The molecule has 3 aromatic rings. The molecule has 2 aromatic carbocycles. The minimum absolute atomic E-state index is 0.0400. The first-order valence-electron chi connectivity index (χ1n) is 6.00. The fourth-order valence-corrected chi connectivity index (χ4v) is 2.55. The smallest absolute Gasteiger partial charge is 0.196 e. The molecule has 0 amide bonds. The van der Waals surface area contributed by atoms with Gasteiger partial charge in [-0.15, -0.1) is 10.2 Å². The summed E-state index contributed by atoms with van der Waals surface area (Å²) in [5, 5.41) is 7.58. The number of hydrogen-bond acceptors (Lipinski definition) is 3. The van der Waals surface area contributed by atoms with Gasteiger partial charge in [0.05, 0.1) is 11.3 Å². The van der Waals surface area contributed by atoms with Crippen molar-refractivity contribution >= 4 is 21.7 Å². The fourth-order valence-electron chi connectivity index (χ4n) is 2.01. The van der Waals surface area contributed by atoms with E-state index in [2.05, 4.69) is 26.1 Å². The van der Waals surface area contributed by atoms with Gasteiger partial charge in [-0.3, -0.25) is 9.36 Å². The highest BCUT2D eigenvalue weighted by Crippen LogP contribution is 2.26. The van der Waals surface area contributed by atoms with Crippen LogP contribution in [0, 0.1) is 0 Å². The maximum Gasteiger partial charge on any atom is 0.196 e. The second kappa shape index (κ2) is 5.38. The van der Waals surface area contributed by atoms with Crippen molar-refractivity contribution in [1.82, 2.24) is 14.8 Å². The van der Waals surface area contributed by atoms with E-state index in [1.807, 2.05) is 36.4 Å². The number of halogens is 1. The van der Waals surface area contributed by atoms with Gasteiger partial charge in [-0.25, -0.2) is 0 Å². The van der Waals surface area contributed by atoms with Crippen molar-refractivity contribution in [1.29, 1.82) is 0 Å². The Kier molecular flexibility index (Phi) is 3.43. The van der Waals surface area contributed by atoms with Crippen LogP contribution in [0.2, 0.25) is 0 Å². The van der Waals surface area contributed by atoms with Crippen LogP contribution in [0.1, 0.15) is 15.9 Å². The molecule has 0 saturated heterocycles. The highest BCUT2D eigenvalue weighted by molar-refractivity contribution is 9.10. The summed E-state index contributed by atoms with van der Waals surface area (Å²) in [6, 6.07) is 14.8. The SMILES string of the molecule is O=C(c1ccccc1)c1c(Br)cccc1-n1cnnc1. The maximum atomic E-state index is 12.7. The van der Waals surface area contributed by atoms with Crippen LogP contribution in [-0.4, -0.2) is 20.5 Å². The lowest BCUT2D eigenvalue weighted by Gasteiger charge is -2.11. The first kappa shape index (κ1) is 12.7. The minimum Gasteiger partial charge on any atom is -0.288 e. The molecule has 98 valence electrons. The van der Waals surface area contributed by atoms with Crippen LogP contribution in [0.3, 0.4) is 0 Å². The van der Waals surface area contributed by atoms with Crippen molar-refractivity contribution in [2.45, 2.75) is 0 Å². The monoisotopic (exact) mass is 327 g/mol. The number of carbonyl (C=O) groups excluding carboxylic acids is 1. The zero-order valence-corrected chi connectivity index (χ0v) is 12.0. The predicted molar refractivity (Wildman–Crippen MR) is 78.9 cm³/mol. The molecule has 3 rings (SSSR count). The molecule has 0 radical (unpaired) electrons. The summed E-state index contributed by atoms with van der Waals surface area (Å²) in [5.41, 5.74) is 1.99. The molecule has 0 atom stereocenters. The molecule has 0 aliphatic carbocycles. The summed E-state index contributed by atoms with van der Waals surface area (Å²) < 4.78 is 2.47. The average Bonchev–Trinajstić information content (AvgIpc) is 3.01. The third-order valence-electron chi connectivity index (χ3n) is 2.95. The zero-order valence-electron chi connectivity index (χ0n) is 10.4. The van der Waals surface area contributed by atoms with Crippen molar-refractivity contribution in [3.05, 3.63) is 76.8 Å². The molecular weight excluding hydrogens is 318 g/mol. The summed E-state index contributed by atoms with van der Waals surface area (Å²) in [6.07, 6.45) is 3.15. The molecule has 0 N–H and O–H groups in total. The van der Waals surface area contributed by atoms with Gasteiger partial charge in [-0.1, -0.05) is 36.4 Å². The Morgan fingerprint density at radius 2 is 1.65 bits per heavy atom. The lowest BCUT2D eigenvalue weighted by Crippen LogP contribution is -2.07. The van der Waals surface area contributed by atoms with Crippen LogP contribution in [0.5, 0.6) is 0 Å². The van der Waals surface area contributed by atoms with Crippen LogP contribution >= 0.6 is 15.9 Å². The molecule has 0 unspecified atom stereocenters. The molecule has 4 nitrogen and oxygen atoms in total. The lowest BCUT2D eigenvalue weighted by molar-refractivity contribution is 0.103. The predicted octanol–water partition coefficient (Wildman–Crippen LogP) is 3.26. The van der Waals surface area contributed by atoms with Gasteiger partial charge >= 0.3 is 0 Å². The van der Waals surface area contributed by atoms with Gasteiger partial charge in [0.25, 0.3) is 0 Å². The highest BCUT2D eigenvalue weighted by atomic mass is 79.9. The van der Waals surface area contributed by atoms with E-state index in [4.69, 9.17) is 0 Å². The number of carbonyl (C=O) groups is 1. The van der Waals surface area contributed by atoms with Crippen LogP contribution in [0.25, 0.3) is 5.69 Å². The van der Waals surface area contributed by atoms with Crippen LogP contribution in [0.4, 0.5) is 0 Å². The molecule has 1 aromatic heterocycles. The Morgan fingerprint density at radius 3 is 2.35 bits per heavy atom. The van der Waals surface area contributed by atoms with Crippen molar-refractivity contribution in [3.8, 4) is 5.69 Å². The first-order valence-corrected chi connectivity index (χ1v) is 6.80. The molecule has 1 heterocycles. The number of aromatic nitrogens is 3. The van der Waals surface area contributed by atoms with Crippen LogP contribution in [0.15, 0.2) is 65.7 Å². The van der Waals surface area contributed by atoms with Gasteiger partial charge in [0.15, 0.2) is 5.78 Å². The van der Waals surface area contributed by atoms with E-state index in [1.165, 1.54) is 0 Å². The topological polar surface area (TPSA) is 47.8 Å². The number of hydrogen-bond donors (Lipinski definition) is 0. The highest BCUT2D eigenvalue weighted by Gasteiger charge is 2.17. The van der Waals surface area contributed by atoms with Crippen molar-refractivity contribution in [3.63, 3.8) is 0 Å². The summed E-state index contributed by atoms with van der Waals surface area (Å²) in [6.45, 7) is 0. The van der Waals surface area contributed by atoms with E-state index in [0.717, 1.165) is 10.2 Å². The van der Waals surface area contributed by atoms with E-state index in [9.17, 15) is 4.79 Å². The lowest BCUT2D eigenvalue weighted by atomic mass is 10.0. The van der Waals surface area contributed by atoms with Crippen molar-refractivity contribution < 1.29 is 4.79 Å². The Balaban J connectivity index is 2.16. The van der Waals surface area contributed by atoms with E-state index in [1.54, 1.807) is 29.4 Å². The normalized spacial score (nSPS) is 10.4. The first-order chi connectivity index (χ1) is 9.77. The molecule has 0 bridgehead atoms. The zero-order chi connectivity index (χ0) is 13.9. The largest absolute Gasteiger partial charge is 0.288 e. The molecule has 0 aliphatic rings. The summed E-state index contributed by atoms with van der Waals surface area (Å²) in [4.78, 5) is 12.7. The number of benzene rings is 2. The van der Waals surface area contributed by atoms with Gasteiger partial charge in [0.2, 0.25) is 0 Å². The van der Waals surface area contributed by atoms with Crippen LogP contribution < -0.4 is 0 Å². The molecular formula is C15H10BrN3O. The van der Waals surface area contributed by atoms with Gasteiger partial charge in [0, 0.05) is 10.0 Å². The summed E-state index contributed by atoms with van der Waals surface area (Å²) in [5.74, 6) is -0.0400. The van der Waals surface area contributed by atoms with Gasteiger partial charge < -0.3 is 0 Å². The summed E-state index contributed by atoms with van der Waals surface area (Å²) >= 11 is 3.46. The van der Waals surface area contributed by atoms with Crippen molar-refractivity contribution in [2.75, 3.05) is 0 Å². The molecule has 5 heteroatoms. The second-order valence-electron chi connectivity index (χ2n) is 4.20. The Hall–Kier alpha value is -2.27. The molecule has 0 aliphatic heterocycles. The van der Waals surface area contributed by atoms with Crippen molar-refractivity contribution in [2.24, 2.45) is 0 Å². The van der Waals surface area contributed by atoms with E-state index in [0.29, 0.717) is 11.1 Å². The molecule has 0 saturated carbocycles. The van der Waals surface area contributed by atoms with Crippen LogP contribution in [-0.2, 0) is 0 Å². The molecule has 0 fully saturated rings. The van der Waals surface area contributed by atoms with E-state index >= 15 is 0 Å². The maximum absolute atomic E-state index is 12.7. The van der Waals surface area contributed by atoms with E-state index in [-0.39, 0.29) is 5.78 Å². The minimum atomic E-state index is -0.0400. The molecule has 0 spiro atoms. The third-order valence-corrected chi connectivity index (χ3v) is 3.61. The molecule has 20 heavy (non-hydrogen) atoms. The van der Waals surface area contributed by atoms with E-state index < -0.39 is 0 Å². The van der Waals surface area contributed by atoms with Gasteiger partial charge in [-0.2, -0.15) is 0 Å². The number of ketones is 1. The Morgan fingerprint density at radius 1 is 0.950 bits per heavy atom. The standard InChI is InChI=1S/C15H10BrN3O/c16-12-7-4-8-13(19-9-17-18-10-19)14(12)15(20)11-5-2-1-3-6-11/h1-10H. The van der Waals surface area contributed by atoms with Gasteiger partial charge in [0.1, 0.15) is 12.7 Å². The number of rotatable bonds is 3. The van der Waals surface area contributed by atoms with Gasteiger partial charge in [-0.05, 0) is 28.1 Å². The third kappa shape index (κ3) is 2.28.